The molecule has 6 heteroatoms. The van der Waals surface area contributed by atoms with E-state index in [0.717, 1.165) is 0 Å². The molecule has 1 aliphatic heterocycles. The molecule has 1 aromatic heterocycles. The first kappa shape index (κ1) is 15.4. The van der Waals surface area contributed by atoms with E-state index >= 15 is 0 Å². The number of carbonyl (C=O) groups excluding carboxylic acids is 2. The monoisotopic (exact) mass is 329 g/mol. The number of amides is 1. The van der Waals surface area contributed by atoms with Crippen LogP contribution in [0.3, 0.4) is 0 Å². The van der Waals surface area contributed by atoms with Crippen molar-refractivity contribution in [3.63, 3.8) is 0 Å². The van der Waals surface area contributed by atoms with E-state index in [9.17, 15) is 14.4 Å². The van der Waals surface area contributed by atoms with Gasteiger partial charge in [0.05, 0.1) is 16.4 Å². The summed E-state index contributed by atoms with van der Waals surface area (Å²) in [6.07, 6.45) is 0.447. The molecule has 0 saturated carbocycles. The van der Waals surface area contributed by atoms with Crippen LogP contribution in [0.5, 0.6) is 0 Å². The molecule has 0 bridgehead atoms. The minimum atomic E-state index is -0.886. The van der Waals surface area contributed by atoms with Crippen LogP contribution in [-0.2, 0) is 4.79 Å². The van der Waals surface area contributed by atoms with Gasteiger partial charge in [-0.2, -0.15) is 0 Å². The maximum absolute atomic E-state index is 12.7. The third kappa shape index (κ3) is 3.03. The lowest BCUT2D eigenvalue weighted by molar-refractivity contribution is -0.141. The predicted molar refractivity (Wildman–Crippen MR) is 85.8 cm³/mol. The Kier molecular flexibility index (Phi) is 4.25. The Balaban J connectivity index is 1.87. The zero-order chi connectivity index (χ0) is 16.4. The Morgan fingerprint density at radius 3 is 2.43 bits per heavy atom. The van der Waals surface area contributed by atoms with E-state index in [1.54, 1.807) is 36.4 Å². The molecule has 1 N–H and O–H groups in total. The van der Waals surface area contributed by atoms with Crippen LogP contribution in [0.2, 0.25) is 0 Å². The molecule has 0 radical (unpaired) electrons. The van der Waals surface area contributed by atoms with Crippen LogP contribution in [0.25, 0.3) is 0 Å². The molecule has 1 saturated heterocycles. The van der Waals surface area contributed by atoms with E-state index < -0.39 is 11.9 Å². The predicted octanol–water partition coefficient (Wildman–Crippen LogP) is 2.53. The lowest BCUT2D eigenvalue weighted by Crippen LogP contribution is -2.31. The molecular weight excluding hydrogens is 314 g/mol. The largest absolute Gasteiger partial charge is 0.481 e. The van der Waals surface area contributed by atoms with Gasteiger partial charge in [-0.3, -0.25) is 14.4 Å². The van der Waals surface area contributed by atoms with Gasteiger partial charge in [-0.15, -0.1) is 11.3 Å². The van der Waals surface area contributed by atoms with Crippen molar-refractivity contribution in [2.75, 3.05) is 13.1 Å². The number of carbonyl (C=O) groups is 3. The van der Waals surface area contributed by atoms with Crippen molar-refractivity contribution in [3.8, 4) is 0 Å². The molecule has 1 aliphatic rings. The van der Waals surface area contributed by atoms with Crippen LogP contribution in [0, 0.1) is 5.92 Å². The fourth-order valence-electron chi connectivity index (χ4n) is 2.72. The average Bonchev–Trinajstić information content (AvgIpc) is 3.24. The number of hydrogen-bond acceptors (Lipinski definition) is 4. The van der Waals surface area contributed by atoms with Gasteiger partial charge in [0.25, 0.3) is 5.91 Å². The zero-order valence-corrected chi connectivity index (χ0v) is 13.1. The van der Waals surface area contributed by atoms with Crippen molar-refractivity contribution in [1.29, 1.82) is 0 Å². The number of thiophene rings is 1. The summed E-state index contributed by atoms with van der Waals surface area (Å²) in [7, 11) is 0. The number of likely N-dealkylation sites (tertiary alicyclic amines) is 1. The highest BCUT2D eigenvalue weighted by atomic mass is 32.1. The molecule has 1 amide bonds. The number of hydrogen-bond donors (Lipinski definition) is 1. The lowest BCUT2D eigenvalue weighted by atomic mass is 10.0. The molecule has 2 heterocycles. The van der Waals surface area contributed by atoms with Gasteiger partial charge in [0.2, 0.25) is 5.78 Å². The maximum atomic E-state index is 12.7. The van der Waals surface area contributed by atoms with E-state index in [1.807, 2.05) is 5.38 Å². The summed E-state index contributed by atoms with van der Waals surface area (Å²) in [4.78, 5) is 38.4. The van der Waals surface area contributed by atoms with E-state index in [-0.39, 0.29) is 18.2 Å². The molecule has 3 rings (SSSR count). The van der Waals surface area contributed by atoms with Gasteiger partial charge < -0.3 is 10.0 Å². The van der Waals surface area contributed by atoms with Crippen molar-refractivity contribution >= 4 is 29.0 Å². The summed E-state index contributed by atoms with van der Waals surface area (Å²) in [6, 6.07) is 10.2. The van der Waals surface area contributed by atoms with Crippen molar-refractivity contribution in [1.82, 2.24) is 4.90 Å². The van der Waals surface area contributed by atoms with Gasteiger partial charge in [-0.05, 0) is 23.9 Å². The molecule has 1 fully saturated rings. The number of carboxylic acid groups (broad SMARTS) is 1. The summed E-state index contributed by atoms with van der Waals surface area (Å²) >= 11 is 1.33. The van der Waals surface area contributed by atoms with Gasteiger partial charge in [0, 0.05) is 18.7 Å². The Morgan fingerprint density at radius 2 is 1.83 bits per heavy atom. The SMILES string of the molecule is O=C(c1cccs1)c1ccccc1C(=O)N1CCC(C(=O)O)C1. The van der Waals surface area contributed by atoms with Crippen LogP contribution in [-0.4, -0.2) is 40.8 Å². The Bertz CT molecular complexity index is 754. The second-order valence-corrected chi connectivity index (χ2v) is 6.37. The number of benzene rings is 1. The van der Waals surface area contributed by atoms with Crippen LogP contribution in [0.4, 0.5) is 0 Å². The molecule has 118 valence electrons. The third-order valence-electron chi connectivity index (χ3n) is 3.97. The maximum Gasteiger partial charge on any atom is 0.308 e. The zero-order valence-electron chi connectivity index (χ0n) is 12.3. The summed E-state index contributed by atoms with van der Waals surface area (Å²) < 4.78 is 0. The van der Waals surface area contributed by atoms with Gasteiger partial charge in [-0.1, -0.05) is 24.3 Å². The highest BCUT2D eigenvalue weighted by molar-refractivity contribution is 7.12. The number of aliphatic carboxylic acids is 1. The number of carboxylic acids is 1. The van der Waals surface area contributed by atoms with Crippen molar-refractivity contribution in [3.05, 3.63) is 57.8 Å². The fourth-order valence-corrected chi connectivity index (χ4v) is 3.40. The molecule has 0 spiro atoms. The molecule has 5 nitrogen and oxygen atoms in total. The minimum Gasteiger partial charge on any atom is -0.481 e. The minimum absolute atomic E-state index is 0.182. The van der Waals surface area contributed by atoms with Crippen LogP contribution < -0.4 is 0 Å². The number of rotatable bonds is 4. The third-order valence-corrected chi connectivity index (χ3v) is 4.84. The smallest absolute Gasteiger partial charge is 0.308 e. The first-order chi connectivity index (χ1) is 11.1. The van der Waals surface area contributed by atoms with E-state index in [0.29, 0.717) is 29.0 Å². The van der Waals surface area contributed by atoms with Crippen LogP contribution in [0.1, 0.15) is 32.0 Å². The highest BCUT2D eigenvalue weighted by Gasteiger charge is 2.32. The average molecular weight is 329 g/mol. The van der Waals surface area contributed by atoms with Crippen molar-refractivity contribution in [2.24, 2.45) is 5.92 Å². The summed E-state index contributed by atoms with van der Waals surface area (Å²) in [6.45, 7) is 0.590. The van der Waals surface area contributed by atoms with Crippen LogP contribution >= 0.6 is 11.3 Å². The molecule has 23 heavy (non-hydrogen) atoms. The number of nitrogens with zero attached hydrogens (tertiary/aromatic N) is 1. The van der Waals surface area contributed by atoms with E-state index in [4.69, 9.17) is 5.11 Å². The highest BCUT2D eigenvalue weighted by Crippen LogP contribution is 2.23. The summed E-state index contributed by atoms with van der Waals surface area (Å²) in [5, 5.41) is 10.9. The van der Waals surface area contributed by atoms with E-state index in [1.165, 1.54) is 16.2 Å². The molecule has 0 aliphatic carbocycles. The summed E-state index contributed by atoms with van der Waals surface area (Å²) in [5.41, 5.74) is 0.690. The normalized spacial score (nSPS) is 17.2. The Morgan fingerprint density at radius 1 is 1.09 bits per heavy atom. The van der Waals surface area contributed by atoms with Gasteiger partial charge in [0.15, 0.2) is 0 Å². The second kappa shape index (κ2) is 6.34. The molecule has 1 unspecified atom stereocenters. The van der Waals surface area contributed by atoms with Crippen molar-refractivity contribution < 1.29 is 19.5 Å². The molecule has 1 atom stereocenters. The van der Waals surface area contributed by atoms with Gasteiger partial charge >= 0.3 is 5.97 Å². The topological polar surface area (TPSA) is 74.7 Å². The van der Waals surface area contributed by atoms with Gasteiger partial charge in [0.1, 0.15) is 0 Å². The lowest BCUT2D eigenvalue weighted by Gasteiger charge is -2.17. The summed E-state index contributed by atoms with van der Waals surface area (Å²) in [5.74, 6) is -1.88. The first-order valence-corrected chi connectivity index (χ1v) is 8.15. The Labute approximate surface area is 137 Å². The molecular formula is C17H15NO4S. The first-order valence-electron chi connectivity index (χ1n) is 7.27. The second-order valence-electron chi connectivity index (χ2n) is 5.43. The van der Waals surface area contributed by atoms with E-state index in [2.05, 4.69) is 0 Å². The molecule has 1 aromatic carbocycles. The molecule has 2 aromatic rings. The Hall–Kier alpha value is -2.47. The standard InChI is InChI=1S/C17H15NO4S/c19-15(14-6-3-9-23-14)12-4-1-2-5-13(12)16(20)18-8-7-11(10-18)17(21)22/h1-6,9,11H,7-8,10H2,(H,21,22). The van der Waals surface area contributed by atoms with Gasteiger partial charge in [-0.25, -0.2) is 0 Å². The number of ketones is 1. The fraction of sp³-hybridized carbons (Fsp3) is 0.235. The van der Waals surface area contributed by atoms with Crippen molar-refractivity contribution in [2.45, 2.75) is 6.42 Å². The quantitative estimate of drug-likeness (QED) is 0.875. The van der Waals surface area contributed by atoms with Crippen LogP contribution in [0.15, 0.2) is 41.8 Å².